The van der Waals surface area contributed by atoms with E-state index in [-0.39, 0.29) is 6.09 Å². The Labute approximate surface area is 97.7 Å². The molecule has 0 bridgehead atoms. The van der Waals surface area contributed by atoms with Gasteiger partial charge in [0.1, 0.15) is 5.60 Å². The van der Waals surface area contributed by atoms with Gasteiger partial charge in [-0.05, 0) is 33.6 Å². The number of carbonyl (C=O) groups is 1. The Morgan fingerprint density at radius 2 is 1.80 bits per heavy atom. The molecular weight excluding hydrogens is 212 g/mol. The number of ether oxygens (including phenoxy) is 1. The average molecular weight is 234 g/mol. The minimum atomic E-state index is -0.417. The topological polar surface area (TPSA) is 50.4 Å². The third-order valence-electron chi connectivity index (χ3n) is 1.63. The van der Waals surface area contributed by atoms with Crippen LogP contribution in [0.2, 0.25) is 0 Å². The highest BCUT2D eigenvalue weighted by atomic mass is 32.1. The second kappa shape index (κ2) is 7.82. The van der Waals surface area contributed by atoms with Crippen LogP contribution in [0.25, 0.3) is 0 Å². The first-order chi connectivity index (χ1) is 6.95. The van der Waals surface area contributed by atoms with Crippen molar-refractivity contribution in [3.05, 3.63) is 0 Å². The molecule has 90 valence electrons. The van der Waals surface area contributed by atoms with Gasteiger partial charge in [0, 0.05) is 13.1 Å². The zero-order chi connectivity index (χ0) is 11.7. The van der Waals surface area contributed by atoms with Crippen molar-refractivity contribution < 1.29 is 9.53 Å². The van der Waals surface area contributed by atoms with Crippen LogP contribution >= 0.6 is 12.8 Å². The molecule has 0 aromatic rings. The molecule has 0 aliphatic carbocycles. The highest BCUT2D eigenvalue weighted by Gasteiger charge is 2.15. The van der Waals surface area contributed by atoms with Gasteiger partial charge >= 0.3 is 6.09 Å². The first-order valence-electron chi connectivity index (χ1n) is 5.29. The summed E-state index contributed by atoms with van der Waals surface area (Å²) < 4.78 is 7.87. The minimum absolute atomic E-state index is 0.338. The van der Waals surface area contributed by atoms with Gasteiger partial charge in [0.2, 0.25) is 0 Å². The number of hydrogen-bond acceptors (Lipinski definition) is 4. The molecule has 0 unspecified atom stereocenters. The lowest BCUT2D eigenvalue weighted by Crippen LogP contribution is -2.33. The molecule has 0 atom stereocenters. The van der Waals surface area contributed by atoms with Gasteiger partial charge in [-0.3, -0.25) is 4.72 Å². The minimum Gasteiger partial charge on any atom is -0.444 e. The van der Waals surface area contributed by atoms with Crippen molar-refractivity contribution in [2.24, 2.45) is 0 Å². The summed E-state index contributed by atoms with van der Waals surface area (Å²) in [5.74, 6) is 0. The molecule has 0 rings (SSSR count). The molecule has 2 N–H and O–H groups in total. The molecule has 0 aromatic carbocycles. The van der Waals surface area contributed by atoms with Gasteiger partial charge in [-0.25, -0.2) is 4.79 Å². The van der Waals surface area contributed by atoms with E-state index in [4.69, 9.17) is 4.74 Å². The van der Waals surface area contributed by atoms with E-state index in [1.807, 2.05) is 20.8 Å². The van der Waals surface area contributed by atoms with Gasteiger partial charge in [0.15, 0.2) is 0 Å². The molecule has 0 spiro atoms. The number of thiol groups is 1. The van der Waals surface area contributed by atoms with E-state index in [9.17, 15) is 4.79 Å². The van der Waals surface area contributed by atoms with Crippen LogP contribution in [0.5, 0.6) is 0 Å². The van der Waals surface area contributed by atoms with Crippen LogP contribution in [-0.2, 0) is 4.74 Å². The van der Waals surface area contributed by atoms with E-state index in [1.165, 1.54) is 0 Å². The van der Waals surface area contributed by atoms with Crippen LogP contribution in [-0.4, -0.2) is 24.8 Å². The quantitative estimate of drug-likeness (QED) is 0.487. The Hall–Kier alpha value is -0.420. The van der Waals surface area contributed by atoms with Gasteiger partial charge < -0.3 is 10.1 Å². The van der Waals surface area contributed by atoms with Crippen molar-refractivity contribution in [1.29, 1.82) is 0 Å². The van der Waals surface area contributed by atoms with Crippen molar-refractivity contribution in [2.45, 2.75) is 45.6 Å². The third kappa shape index (κ3) is 11.5. The van der Waals surface area contributed by atoms with Crippen LogP contribution in [0, 0.1) is 0 Å². The number of hydrogen-bond donors (Lipinski definition) is 3. The third-order valence-corrected chi connectivity index (χ3v) is 1.86. The highest BCUT2D eigenvalue weighted by molar-refractivity contribution is 7.78. The Kier molecular flexibility index (Phi) is 7.60. The normalized spacial score (nSPS) is 11.2. The standard InChI is InChI=1S/C10H22N2O2S/c1-10(2,3)14-9(13)11-7-5-4-6-8-12-15/h12,15H,4-8H2,1-3H3,(H,11,13). The monoisotopic (exact) mass is 234 g/mol. The smallest absolute Gasteiger partial charge is 0.407 e. The molecule has 0 saturated heterocycles. The van der Waals surface area contributed by atoms with Crippen LogP contribution < -0.4 is 10.0 Å². The van der Waals surface area contributed by atoms with E-state index in [0.29, 0.717) is 6.54 Å². The van der Waals surface area contributed by atoms with Gasteiger partial charge in [0.25, 0.3) is 0 Å². The summed E-state index contributed by atoms with van der Waals surface area (Å²) in [7, 11) is 0. The Morgan fingerprint density at radius 1 is 1.20 bits per heavy atom. The van der Waals surface area contributed by atoms with E-state index >= 15 is 0 Å². The van der Waals surface area contributed by atoms with Crippen LogP contribution in [0.3, 0.4) is 0 Å². The Bertz CT molecular complexity index is 181. The second-order valence-corrected chi connectivity index (χ2v) is 4.71. The largest absolute Gasteiger partial charge is 0.444 e. The summed E-state index contributed by atoms with van der Waals surface area (Å²) in [5, 5.41) is 2.72. The van der Waals surface area contributed by atoms with Gasteiger partial charge in [-0.15, -0.1) is 0 Å². The maximum atomic E-state index is 11.2. The Balaban J connectivity index is 3.32. The SMILES string of the molecule is CC(C)(C)OC(=O)NCCCCCNS. The van der Waals surface area contributed by atoms with E-state index in [2.05, 4.69) is 22.9 Å². The molecule has 0 aromatic heterocycles. The summed E-state index contributed by atoms with van der Waals surface area (Å²) in [6.07, 6.45) is 2.77. The predicted octanol–water partition coefficient (Wildman–Crippen LogP) is 2.12. The van der Waals surface area contributed by atoms with Crippen molar-refractivity contribution in [2.75, 3.05) is 13.1 Å². The molecule has 0 heterocycles. The molecular formula is C10H22N2O2S. The van der Waals surface area contributed by atoms with Gasteiger partial charge in [-0.1, -0.05) is 19.2 Å². The lowest BCUT2D eigenvalue weighted by Gasteiger charge is -2.19. The predicted molar refractivity (Wildman–Crippen MR) is 65.1 cm³/mol. The first-order valence-corrected chi connectivity index (χ1v) is 5.74. The molecule has 5 heteroatoms. The summed E-state index contributed by atoms with van der Waals surface area (Å²) in [6, 6.07) is 0. The lowest BCUT2D eigenvalue weighted by atomic mass is 10.2. The van der Waals surface area contributed by atoms with E-state index in [1.54, 1.807) is 0 Å². The van der Waals surface area contributed by atoms with E-state index < -0.39 is 5.60 Å². The number of amides is 1. The second-order valence-electron chi connectivity index (χ2n) is 4.40. The number of unbranched alkanes of at least 4 members (excludes halogenated alkanes) is 2. The van der Waals surface area contributed by atoms with Gasteiger partial charge in [-0.2, -0.15) is 0 Å². The zero-order valence-corrected chi connectivity index (χ0v) is 10.7. The summed E-state index contributed by atoms with van der Waals surface area (Å²) in [6.45, 7) is 7.12. The molecule has 15 heavy (non-hydrogen) atoms. The lowest BCUT2D eigenvalue weighted by molar-refractivity contribution is 0.0527. The number of rotatable bonds is 6. The molecule has 0 aliphatic rings. The Morgan fingerprint density at radius 3 is 2.33 bits per heavy atom. The summed E-state index contributed by atoms with van der Waals surface area (Å²) >= 11 is 3.89. The number of nitrogens with one attached hydrogen (secondary N) is 2. The van der Waals surface area contributed by atoms with Crippen molar-refractivity contribution in [3.63, 3.8) is 0 Å². The summed E-state index contributed by atoms with van der Waals surface area (Å²) in [4.78, 5) is 11.2. The first kappa shape index (κ1) is 14.6. The molecule has 4 nitrogen and oxygen atoms in total. The van der Waals surface area contributed by atoms with Crippen molar-refractivity contribution in [1.82, 2.24) is 10.0 Å². The fourth-order valence-corrected chi connectivity index (χ4v) is 1.17. The number of carbonyl (C=O) groups excluding carboxylic acids is 1. The van der Waals surface area contributed by atoms with Gasteiger partial charge in [0.05, 0.1) is 0 Å². The maximum Gasteiger partial charge on any atom is 0.407 e. The average Bonchev–Trinajstić information content (AvgIpc) is 2.08. The maximum absolute atomic E-state index is 11.2. The van der Waals surface area contributed by atoms with Crippen molar-refractivity contribution in [3.8, 4) is 0 Å². The fraction of sp³-hybridized carbons (Fsp3) is 0.900. The van der Waals surface area contributed by atoms with Crippen LogP contribution in [0.1, 0.15) is 40.0 Å². The van der Waals surface area contributed by atoms with Crippen molar-refractivity contribution >= 4 is 18.9 Å². The fourth-order valence-electron chi connectivity index (χ4n) is 1.01. The molecule has 0 radical (unpaired) electrons. The highest BCUT2D eigenvalue weighted by Crippen LogP contribution is 2.06. The molecule has 1 amide bonds. The zero-order valence-electron chi connectivity index (χ0n) is 9.80. The van der Waals surface area contributed by atoms with Crippen LogP contribution in [0.15, 0.2) is 0 Å². The summed E-state index contributed by atoms with van der Waals surface area (Å²) in [5.41, 5.74) is -0.417. The molecule has 0 aliphatic heterocycles. The molecule has 0 saturated carbocycles. The van der Waals surface area contributed by atoms with E-state index in [0.717, 1.165) is 25.8 Å². The number of alkyl carbamates (subject to hydrolysis) is 1. The molecule has 0 fully saturated rings. The van der Waals surface area contributed by atoms with Crippen LogP contribution in [0.4, 0.5) is 4.79 Å².